The van der Waals surface area contributed by atoms with Gasteiger partial charge in [0.05, 0.1) is 28.4 Å². The maximum atomic E-state index is 13.2. The third-order valence-electron chi connectivity index (χ3n) is 6.79. The second-order valence-electron chi connectivity index (χ2n) is 9.22. The molecule has 0 bridgehead atoms. The zero-order valence-electron chi connectivity index (χ0n) is 21.0. The summed E-state index contributed by atoms with van der Waals surface area (Å²) in [6, 6.07) is 23.6. The summed E-state index contributed by atoms with van der Waals surface area (Å²) in [7, 11) is 0. The molecular formula is C30H26Cl2N4O3. The monoisotopic (exact) mass is 560 g/mol. The van der Waals surface area contributed by atoms with Crippen molar-refractivity contribution in [1.29, 1.82) is 0 Å². The summed E-state index contributed by atoms with van der Waals surface area (Å²) >= 11 is 12.2. The minimum absolute atomic E-state index is 0.0835. The smallest absolute Gasteiger partial charge is 0.271 e. The van der Waals surface area contributed by atoms with E-state index in [0.29, 0.717) is 19.5 Å². The highest BCUT2D eigenvalue weighted by atomic mass is 35.5. The SMILES string of the molecule is O=C(N/N=C/c1ccc(CC(=O)N2CCN(c3ccccc3Cl)CC2)c2ccccc12)c1ccc(O)c(Cl)c1. The lowest BCUT2D eigenvalue weighted by Gasteiger charge is -2.36. The number of rotatable bonds is 6. The zero-order valence-corrected chi connectivity index (χ0v) is 22.5. The van der Waals surface area contributed by atoms with Gasteiger partial charge in [0.1, 0.15) is 5.75 Å². The first kappa shape index (κ1) is 26.5. The number of hydrogen-bond acceptors (Lipinski definition) is 5. The van der Waals surface area contributed by atoms with E-state index in [4.69, 9.17) is 23.2 Å². The molecule has 0 aliphatic carbocycles. The number of piperazine rings is 1. The van der Waals surface area contributed by atoms with Gasteiger partial charge < -0.3 is 14.9 Å². The van der Waals surface area contributed by atoms with Crippen LogP contribution < -0.4 is 10.3 Å². The quantitative estimate of drug-likeness (QED) is 0.240. The zero-order chi connectivity index (χ0) is 27.4. The molecule has 4 aromatic carbocycles. The Morgan fingerprint density at radius 2 is 1.59 bits per heavy atom. The van der Waals surface area contributed by atoms with Gasteiger partial charge in [-0.3, -0.25) is 9.59 Å². The van der Waals surface area contributed by atoms with Crippen LogP contribution in [0.1, 0.15) is 21.5 Å². The molecular weight excluding hydrogens is 535 g/mol. The van der Waals surface area contributed by atoms with Crippen molar-refractivity contribution in [3.05, 3.63) is 106 Å². The number of amides is 2. The van der Waals surface area contributed by atoms with Crippen molar-refractivity contribution in [2.24, 2.45) is 5.10 Å². The second-order valence-corrected chi connectivity index (χ2v) is 10.0. The van der Waals surface area contributed by atoms with Gasteiger partial charge in [0.2, 0.25) is 5.91 Å². The molecule has 0 saturated carbocycles. The molecule has 1 aliphatic heterocycles. The number of phenols is 1. The average Bonchev–Trinajstić information content (AvgIpc) is 2.96. The Kier molecular flexibility index (Phi) is 8.00. The van der Waals surface area contributed by atoms with E-state index in [2.05, 4.69) is 15.4 Å². The number of halogens is 2. The molecule has 0 aromatic heterocycles. The maximum absolute atomic E-state index is 13.2. The van der Waals surface area contributed by atoms with Gasteiger partial charge >= 0.3 is 0 Å². The number of anilines is 1. The molecule has 1 heterocycles. The molecule has 0 radical (unpaired) electrons. The first-order valence-corrected chi connectivity index (χ1v) is 13.3. The normalized spacial score (nSPS) is 13.7. The van der Waals surface area contributed by atoms with Crippen LogP contribution in [0.3, 0.4) is 0 Å². The first-order valence-electron chi connectivity index (χ1n) is 12.5. The van der Waals surface area contributed by atoms with Crippen LogP contribution in [0.2, 0.25) is 10.0 Å². The minimum atomic E-state index is -0.450. The highest BCUT2D eigenvalue weighted by Gasteiger charge is 2.23. The number of hydrogen-bond donors (Lipinski definition) is 2. The predicted octanol–water partition coefficient (Wildman–Crippen LogP) is 5.51. The van der Waals surface area contributed by atoms with Crippen molar-refractivity contribution in [3.8, 4) is 5.75 Å². The van der Waals surface area contributed by atoms with Gasteiger partial charge in [-0.05, 0) is 46.7 Å². The summed E-state index contributed by atoms with van der Waals surface area (Å²) in [5.41, 5.74) is 5.50. The number of nitrogens with one attached hydrogen (secondary N) is 1. The first-order chi connectivity index (χ1) is 18.9. The van der Waals surface area contributed by atoms with Gasteiger partial charge in [-0.15, -0.1) is 0 Å². The van der Waals surface area contributed by atoms with Crippen LogP contribution in [-0.4, -0.2) is 54.2 Å². The highest BCUT2D eigenvalue weighted by Crippen LogP contribution is 2.27. The molecule has 39 heavy (non-hydrogen) atoms. The Bertz CT molecular complexity index is 1570. The average molecular weight is 561 g/mol. The van der Waals surface area contributed by atoms with E-state index in [1.54, 1.807) is 6.21 Å². The molecule has 5 rings (SSSR count). The number of aromatic hydroxyl groups is 1. The van der Waals surface area contributed by atoms with E-state index in [9.17, 15) is 14.7 Å². The van der Waals surface area contributed by atoms with Crippen molar-refractivity contribution in [1.82, 2.24) is 10.3 Å². The summed E-state index contributed by atoms with van der Waals surface area (Å²) in [5, 5.41) is 16.3. The van der Waals surface area contributed by atoms with Crippen LogP contribution in [0.15, 0.2) is 84.0 Å². The largest absolute Gasteiger partial charge is 0.506 e. The third kappa shape index (κ3) is 6.00. The number of carbonyl (C=O) groups is 2. The molecule has 9 heteroatoms. The van der Waals surface area contributed by atoms with Gasteiger partial charge in [0.25, 0.3) is 5.91 Å². The van der Waals surface area contributed by atoms with Crippen molar-refractivity contribution in [2.75, 3.05) is 31.1 Å². The van der Waals surface area contributed by atoms with Gasteiger partial charge in [-0.2, -0.15) is 5.10 Å². The van der Waals surface area contributed by atoms with Crippen LogP contribution in [-0.2, 0) is 11.2 Å². The van der Waals surface area contributed by atoms with Crippen LogP contribution in [0.4, 0.5) is 5.69 Å². The lowest BCUT2D eigenvalue weighted by atomic mass is 9.97. The van der Waals surface area contributed by atoms with E-state index in [0.717, 1.165) is 45.7 Å². The molecule has 4 aromatic rings. The lowest BCUT2D eigenvalue weighted by Crippen LogP contribution is -2.49. The van der Waals surface area contributed by atoms with Gasteiger partial charge in [0.15, 0.2) is 0 Å². The van der Waals surface area contributed by atoms with Crippen molar-refractivity contribution in [2.45, 2.75) is 6.42 Å². The Morgan fingerprint density at radius 3 is 2.33 bits per heavy atom. The van der Waals surface area contributed by atoms with E-state index < -0.39 is 5.91 Å². The summed E-state index contributed by atoms with van der Waals surface area (Å²) in [6.07, 6.45) is 1.87. The molecule has 1 saturated heterocycles. The van der Waals surface area contributed by atoms with Crippen molar-refractivity contribution in [3.63, 3.8) is 0 Å². The Balaban J connectivity index is 1.25. The number of phenolic OH excluding ortho intramolecular Hbond substituents is 1. The lowest BCUT2D eigenvalue weighted by molar-refractivity contribution is -0.130. The number of para-hydroxylation sites is 1. The number of nitrogens with zero attached hydrogens (tertiary/aromatic N) is 3. The fourth-order valence-electron chi connectivity index (χ4n) is 4.70. The molecule has 0 unspecified atom stereocenters. The summed E-state index contributed by atoms with van der Waals surface area (Å²) in [5.74, 6) is -0.462. The number of carbonyl (C=O) groups excluding carboxylic acids is 2. The van der Waals surface area contributed by atoms with Gasteiger partial charge in [-0.1, -0.05) is 71.7 Å². The fourth-order valence-corrected chi connectivity index (χ4v) is 5.14. The number of hydrazone groups is 1. The van der Waals surface area contributed by atoms with Gasteiger partial charge in [-0.25, -0.2) is 5.43 Å². The molecule has 1 aliphatic rings. The summed E-state index contributed by atoms with van der Waals surface area (Å²) in [4.78, 5) is 29.7. The molecule has 2 N–H and O–H groups in total. The predicted molar refractivity (Wildman–Crippen MR) is 156 cm³/mol. The van der Waals surface area contributed by atoms with E-state index in [1.807, 2.05) is 65.6 Å². The Hall–Kier alpha value is -4.07. The van der Waals surface area contributed by atoms with Crippen LogP contribution in [0, 0.1) is 0 Å². The van der Waals surface area contributed by atoms with Crippen LogP contribution >= 0.6 is 23.2 Å². The topological polar surface area (TPSA) is 85.2 Å². The van der Waals surface area contributed by atoms with E-state index in [1.165, 1.54) is 18.2 Å². The Labute approximate surface area is 236 Å². The molecule has 0 spiro atoms. The summed E-state index contributed by atoms with van der Waals surface area (Å²) in [6.45, 7) is 2.73. The number of benzene rings is 4. The van der Waals surface area contributed by atoms with Crippen LogP contribution in [0.5, 0.6) is 5.75 Å². The van der Waals surface area contributed by atoms with Gasteiger partial charge in [0, 0.05) is 37.3 Å². The molecule has 7 nitrogen and oxygen atoms in total. The summed E-state index contributed by atoms with van der Waals surface area (Å²) < 4.78 is 0. The molecule has 0 atom stereocenters. The molecule has 1 fully saturated rings. The minimum Gasteiger partial charge on any atom is -0.506 e. The molecule has 2 amide bonds. The third-order valence-corrected chi connectivity index (χ3v) is 7.42. The maximum Gasteiger partial charge on any atom is 0.271 e. The van der Waals surface area contributed by atoms with E-state index in [-0.39, 0.29) is 22.2 Å². The van der Waals surface area contributed by atoms with Crippen molar-refractivity contribution >= 4 is 57.7 Å². The second kappa shape index (κ2) is 11.8. The molecule has 198 valence electrons. The standard InChI is InChI=1S/C30H26Cl2N4O3/c31-25-7-3-4-8-27(25)35-13-15-36(16-14-35)29(38)18-20-9-10-22(24-6-2-1-5-23(20)24)19-33-34-30(39)21-11-12-28(37)26(32)17-21/h1-12,17,19,37H,13-16,18H2,(H,34,39)/b33-19+. The fraction of sp³-hybridized carbons (Fsp3) is 0.167. The van der Waals surface area contributed by atoms with Crippen molar-refractivity contribution < 1.29 is 14.7 Å². The van der Waals surface area contributed by atoms with Crippen LogP contribution in [0.25, 0.3) is 10.8 Å². The highest BCUT2D eigenvalue weighted by molar-refractivity contribution is 6.33. The Morgan fingerprint density at radius 1 is 0.872 bits per heavy atom. The van der Waals surface area contributed by atoms with E-state index >= 15 is 0 Å². The number of fused-ring (bicyclic) bond motifs is 1.